The van der Waals surface area contributed by atoms with E-state index >= 15 is 0 Å². The maximum atomic E-state index is 13.0. The molecule has 7 heteroatoms. The Labute approximate surface area is 120 Å². The molecule has 1 aliphatic heterocycles. The summed E-state index contributed by atoms with van der Waals surface area (Å²) in [5.41, 5.74) is 6.38. The minimum absolute atomic E-state index is 0.0595. The Balaban J connectivity index is 2.00. The molecular weight excluding hydrogens is 285 g/mol. The summed E-state index contributed by atoms with van der Waals surface area (Å²) in [5, 5.41) is 0. The Morgan fingerprint density at radius 1 is 1.29 bits per heavy atom. The van der Waals surface area contributed by atoms with Gasteiger partial charge >= 0.3 is 12.3 Å². The molecule has 116 valence electrons. The van der Waals surface area contributed by atoms with Gasteiger partial charge in [-0.15, -0.1) is 0 Å². The van der Waals surface area contributed by atoms with Gasteiger partial charge in [0.1, 0.15) is 12.6 Å². The molecule has 2 N–H and O–H groups in total. The smallest absolute Gasteiger partial charge is 0.410 e. The third-order valence-electron chi connectivity index (χ3n) is 3.44. The van der Waals surface area contributed by atoms with Gasteiger partial charge < -0.3 is 10.5 Å². The van der Waals surface area contributed by atoms with Crippen LogP contribution in [0.1, 0.15) is 18.4 Å². The van der Waals surface area contributed by atoms with Crippen molar-refractivity contribution >= 4 is 6.09 Å². The van der Waals surface area contributed by atoms with E-state index in [1.165, 1.54) is 0 Å². The minimum Gasteiger partial charge on any atom is -0.445 e. The van der Waals surface area contributed by atoms with Gasteiger partial charge in [-0.25, -0.2) is 4.79 Å². The Bertz CT molecular complexity index is 479. The number of hydrogen-bond donors (Lipinski definition) is 1. The fourth-order valence-corrected chi connectivity index (χ4v) is 2.34. The highest BCUT2D eigenvalue weighted by Gasteiger charge is 2.48. The van der Waals surface area contributed by atoms with Crippen molar-refractivity contribution in [1.29, 1.82) is 0 Å². The van der Waals surface area contributed by atoms with Crippen molar-refractivity contribution in [3.05, 3.63) is 35.9 Å². The molecule has 0 spiro atoms. The molecule has 4 nitrogen and oxygen atoms in total. The van der Waals surface area contributed by atoms with Crippen LogP contribution in [0.2, 0.25) is 0 Å². The van der Waals surface area contributed by atoms with Crippen LogP contribution in [-0.2, 0) is 11.3 Å². The van der Waals surface area contributed by atoms with E-state index in [0.717, 1.165) is 5.56 Å². The topological polar surface area (TPSA) is 55.6 Å². The predicted molar refractivity (Wildman–Crippen MR) is 70.4 cm³/mol. The average Bonchev–Trinajstić information content (AvgIpc) is 2.44. The molecule has 2 rings (SSSR count). The first-order valence-corrected chi connectivity index (χ1v) is 6.67. The lowest BCUT2D eigenvalue weighted by atomic mass is 9.99. The van der Waals surface area contributed by atoms with Crippen molar-refractivity contribution in [2.75, 3.05) is 6.54 Å². The summed E-state index contributed by atoms with van der Waals surface area (Å²) in [4.78, 5) is 12.6. The Morgan fingerprint density at radius 3 is 2.57 bits per heavy atom. The van der Waals surface area contributed by atoms with Gasteiger partial charge in [-0.05, 0) is 18.4 Å². The van der Waals surface area contributed by atoms with Gasteiger partial charge in [0.15, 0.2) is 0 Å². The molecule has 0 saturated carbocycles. The molecule has 1 saturated heterocycles. The summed E-state index contributed by atoms with van der Waals surface area (Å²) in [5.74, 6) is 0. The zero-order valence-electron chi connectivity index (χ0n) is 11.3. The fraction of sp³-hybridized carbons (Fsp3) is 0.500. The van der Waals surface area contributed by atoms with Crippen LogP contribution in [0.5, 0.6) is 0 Å². The van der Waals surface area contributed by atoms with Crippen LogP contribution in [0.25, 0.3) is 0 Å². The molecule has 1 aromatic carbocycles. The Hall–Kier alpha value is -1.76. The molecule has 21 heavy (non-hydrogen) atoms. The van der Waals surface area contributed by atoms with Crippen LogP contribution in [0.3, 0.4) is 0 Å². The molecule has 0 bridgehead atoms. The number of hydrogen-bond acceptors (Lipinski definition) is 3. The lowest BCUT2D eigenvalue weighted by Gasteiger charge is -2.38. The molecule has 0 aliphatic carbocycles. The second kappa shape index (κ2) is 6.34. The highest BCUT2D eigenvalue weighted by Crippen LogP contribution is 2.32. The largest absolute Gasteiger partial charge is 0.445 e. The van der Waals surface area contributed by atoms with E-state index in [4.69, 9.17) is 10.5 Å². The molecule has 1 fully saturated rings. The summed E-state index contributed by atoms with van der Waals surface area (Å²) >= 11 is 0. The van der Waals surface area contributed by atoms with E-state index in [-0.39, 0.29) is 26.0 Å². The number of likely N-dealkylation sites (tertiary alicyclic amines) is 1. The third kappa shape index (κ3) is 4.10. The van der Waals surface area contributed by atoms with Gasteiger partial charge in [0.25, 0.3) is 0 Å². The fourth-order valence-electron chi connectivity index (χ4n) is 2.34. The number of benzene rings is 1. The van der Waals surface area contributed by atoms with Gasteiger partial charge in [0.05, 0.1) is 0 Å². The Kier molecular flexibility index (Phi) is 4.72. The molecule has 1 aliphatic rings. The van der Waals surface area contributed by atoms with Crippen molar-refractivity contribution < 1.29 is 22.7 Å². The lowest BCUT2D eigenvalue weighted by Crippen LogP contribution is -2.56. The zero-order chi connectivity index (χ0) is 15.5. The first-order chi connectivity index (χ1) is 9.88. The van der Waals surface area contributed by atoms with E-state index in [1.807, 2.05) is 0 Å². The van der Waals surface area contributed by atoms with Gasteiger partial charge in [-0.1, -0.05) is 30.3 Å². The summed E-state index contributed by atoms with van der Waals surface area (Å²) < 4.78 is 43.8. The number of carbonyl (C=O) groups excluding carboxylic acids is 1. The summed E-state index contributed by atoms with van der Waals surface area (Å²) in [6.45, 7) is -0.201. The number of alkyl halides is 3. The SMILES string of the molecule is NC1CCC(C(F)(F)F)N(C(=O)OCc2ccccc2)C1. The van der Waals surface area contributed by atoms with E-state index in [1.54, 1.807) is 30.3 Å². The number of rotatable bonds is 2. The van der Waals surface area contributed by atoms with Crippen LogP contribution in [0.15, 0.2) is 30.3 Å². The van der Waals surface area contributed by atoms with Gasteiger partial charge in [-0.2, -0.15) is 13.2 Å². The third-order valence-corrected chi connectivity index (χ3v) is 3.44. The lowest BCUT2D eigenvalue weighted by molar-refractivity contribution is -0.186. The molecule has 2 atom stereocenters. The number of nitrogens with two attached hydrogens (primary N) is 1. The van der Waals surface area contributed by atoms with Crippen molar-refractivity contribution in [2.24, 2.45) is 5.73 Å². The number of carbonyl (C=O) groups is 1. The van der Waals surface area contributed by atoms with Gasteiger partial charge in [0, 0.05) is 12.6 Å². The van der Waals surface area contributed by atoms with E-state index < -0.39 is 24.4 Å². The maximum Gasteiger partial charge on any atom is 0.410 e. The van der Waals surface area contributed by atoms with E-state index in [2.05, 4.69) is 0 Å². The standard InChI is InChI=1S/C14H17F3N2O2/c15-14(16,17)12-7-6-11(18)8-19(12)13(20)21-9-10-4-2-1-3-5-10/h1-5,11-12H,6-9,18H2. The van der Waals surface area contributed by atoms with Crippen molar-refractivity contribution in [2.45, 2.75) is 37.7 Å². The monoisotopic (exact) mass is 302 g/mol. The maximum absolute atomic E-state index is 13.0. The van der Waals surface area contributed by atoms with Crippen LogP contribution < -0.4 is 5.73 Å². The average molecular weight is 302 g/mol. The second-order valence-corrected chi connectivity index (χ2v) is 5.09. The van der Waals surface area contributed by atoms with Crippen molar-refractivity contribution in [3.63, 3.8) is 0 Å². The number of ether oxygens (including phenoxy) is 1. The van der Waals surface area contributed by atoms with E-state index in [0.29, 0.717) is 4.90 Å². The number of piperidine rings is 1. The first-order valence-electron chi connectivity index (χ1n) is 6.67. The second-order valence-electron chi connectivity index (χ2n) is 5.09. The molecule has 1 heterocycles. The minimum atomic E-state index is -4.47. The normalized spacial score (nSPS) is 23.0. The highest BCUT2D eigenvalue weighted by atomic mass is 19.4. The quantitative estimate of drug-likeness (QED) is 0.914. The molecule has 1 aromatic rings. The number of nitrogens with zero attached hydrogens (tertiary/aromatic N) is 1. The first kappa shape index (κ1) is 15.6. The summed E-state index contributed by atoms with van der Waals surface area (Å²) in [6.07, 6.45) is -5.39. The van der Waals surface area contributed by atoms with Crippen LogP contribution in [-0.4, -0.2) is 35.8 Å². The zero-order valence-corrected chi connectivity index (χ0v) is 11.3. The molecule has 2 unspecified atom stereocenters. The molecule has 1 amide bonds. The summed E-state index contributed by atoms with van der Waals surface area (Å²) in [6, 6.07) is 6.52. The van der Waals surface area contributed by atoms with Gasteiger partial charge in [-0.3, -0.25) is 4.90 Å². The number of halogens is 3. The van der Waals surface area contributed by atoms with Crippen LogP contribution in [0, 0.1) is 0 Å². The van der Waals surface area contributed by atoms with Crippen LogP contribution in [0.4, 0.5) is 18.0 Å². The van der Waals surface area contributed by atoms with Crippen LogP contribution >= 0.6 is 0 Å². The molecular formula is C14H17F3N2O2. The summed E-state index contributed by atoms with van der Waals surface area (Å²) in [7, 11) is 0. The molecule has 0 radical (unpaired) electrons. The van der Waals surface area contributed by atoms with Crippen molar-refractivity contribution in [1.82, 2.24) is 4.90 Å². The predicted octanol–water partition coefficient (Wildman–Crippen LogP) is 2.68. The van der Waals surface area contributed by atoms with E-state index in [9.17, 15) is 18.0 Å². The molecule has 0 aromatic heterocycles. The van der Waals surface area contributed by atoms with Gasteiger partial charge in [0.2, 0.25) is 0 Å². The Morgan fingerprint density at radius 2 is 1.95 bits per heavy atom. The highest BCUT2D eigenvalue weighted by molar-refractivity contribution is 5.68. The number of amides is 1. The van der Waals surface area contributed by atoms with Crippen molar-refractivity contribution in [3.8, 4) is 0 Å².